The fraction of sp³-hybridized carbons (Fsp3) is 0.895. The highest BCUT2D eigenvalue weighted by Gasteiger charge is 2.29. The van der Waals surface area contributed by atoms with Crippen LogP contribution < -0.4 is 10.6 Å². The maximum absolute atomic E-state index is 12.4. The molecule has 0 aromatic heterocycles. The van der Waals surface area contributed by atoms with Crippen molar-refractivity contribution in [1.82, 2.24) is 15.5 Å². The van der Waals surface area contributed by atoms with Crippen LogP contribution in [0, 0.1) is 5.92 Å². The zero-order chi connectivity index (χ0) is 17.6. The van der Waals surface area contributed by atoms with Gasteiger partial charge in [-0.1, -0.05) is 19.3 Å². The zero-order valence-corrected chi connectivity index (χ0v) is 15.5. The number of nitrogens with zero attached hydrogens (tertiary/aromatic N) is 1. The van der Waals surface area contributed by atoms with Crippen LogP contribution in [0.5, 0.6) is 0 Å². The molecule has 3 fully saturated rings. The first-order valence-corrected chi connectivity index (χ1v) is 10.1. The Morgan fingerprint density at radius 2 is 1.72 bits per heavy atom. The highest BCUT2D eigenvalue weighted by molar-refractivity contribution is 5.79. The number of amides is 3. The lowest BCUT2D eigenvalue weighted by molar-refractivity contribution is -0.126. The molecule has 25 heavy (non-hydrogen) atoms. The molecule has 2 heterocycles. The van der Waals surface area contributed by atoms with Gasteiger partial charge in [-0.3, -0.25) is 4.79 Å². The minimum Gasteiger partial charge on any atom is -0.376 e. The lowest BCUT2D eigenvalue weighted by Gasteiger charge is -2.34. The van der Waals surface area contributed by atoms with Crippen LogP contribution in [0.2, 0.25) is 0 Å². The van der Waals surface area contributed by atoms with E-state index in [2.05, 4.69) is 10.6 Å². The predicted molar refractivity (Wildman–Crippen MR) is 96.3 cm³/mol. The van der Waals surface area contributed by atoms with Gasteiger partial charge in [0.05, 0.1) is 12.1 Å². The van der Waals surface area contributed by atoms with Gasteiger partial charge < -0.3 is 20.3 Å². The Morgan fingerprint density at radius 1 is 1.00 bits per heavy atom. The van der Waals surface area contributed by atoms with Crippen LogP contribution >= 0.6 is 0 Å². The van der Waals surface area contributed by atoms with E-state index >= 15 is 0 Å². The standard InChI is InChI=1S/C19H33N3O3/c1-14(17-8-5-13-25-17)20-19(24)22-11-9-16(10-12-22)21-18(23)15-6-3-2-4-7-15/h14-17H,2-13H2,1H3,(H,20,24)(H,21,23). The Hall–Kier alpha value is -1.30. The van der Waals surface area contributed by atoms with Gasteiger partial charge in [0.15, 0.2) is 0 Å². The van der Waals surface area contributed by atoms with Crippen LogP contribution in [-0.2, 0) is 9.53 Å². The summed E-state index contributed by atoms with van der Waals surface area (Å²) in [6.45, 7) is 4.24. The maximum atomic E-state index is 12.4. The average molecular weight is 351 g/mol. The minimum absolute atomic E-state index is 0.0000528. The molecule has 2 unspecified atom stereocenters. The van der Waals surface area contributed by atoms with Gasteiger partial charge in [-0.2, -0.15) is 0 Å². The molecular formula is C19H33N3O3. The van der Waals surface area contributed by atoms with Gasteiger partial charge in [-0.15, -0.1) is 0 Å². The van der Waals surface area contributed by atoms with Crippen molar-refractivity contribution in [3.63, 3.8) is 0 Å². The van der Waals surface area contributed by atoms with Crippen molar-refractivity contribution >= 4 is 11.9 Å². The summed E-state index contributed by atoms with van der Waals surface area (Å²) < 4.78 is 5.64. The highest BCUT2D eigenvalue weighted by atomic mass is 16.5. The second kappa shape index (κ2) is 8.88. The van der Waals surface area contributed by atoms with E-state index < -0.39 is 0 Å². The van der Waals surface area contributed by atoms with E-state index in [1.807, 2.05) is 11.8 Å². The van der Waals surface area contributed by atoms with Gasteiger partial charge in [0.25, 0.3) is 0 Å². The number of ether oxygens (including phenoxy) is 1. The number of nitrogens with one attached hydrogen (secondary N) is 2. The lowest BCUT2D eigenvalue weighted by Crippen LogP contribution is -2.53. The molecule has 2 aliphatic heterocycles. The van der Waals surface area contributed by atoms with E-state index in [-0.39, 0.29) is 36.0 Å². The fourth-order valence-corrected chi connectivity index (χ4v) is 4.29. The molecule has 6 nitrogen and oxygen atoms in total. The third-order valence-corrected chi connectivity index (χ3v) is 5.98. The number of rotatable bonds is 4. The summed E-state index contributed by atoms with van der Waals surface area (Å²) in [6.07, 6.45) is 9.65. The van der Waals surface area contributed by atoms with Crippen molar-refractivity contribution in [1.29, 1.82) is 0 Å². The van der Waals surface area contributed by atoms with Crippen molar-refractivity contribution in [2.45, 2.75) is 82.9 Å². The Bertz CT molecular complexity index is 451. The largest absolute Gasteiger partial charge is 0.376 e. The molecule has 1 aliphatic carbocycles. The molecule has 2 N–H and O–H groups in total. The van der Waals surface area contributed by atoms with E-state index in [1.54, 1.807) is 0 Å². The van der Waals surface area contributed by atoms with Crippen LogP contribution in [0.15, 0.2) is 0 Å². The van der Waals surface area contributed by atoms with Crippen molar-refractivity contribution in [2.75, 3.05) is 19.7 Å². The van der Waals surface area contributed by atoms with E-state index in [4.69, 9.17) is 4.74 Å². The first kappa shape index (κ1) is 18.5. The van der Waals surface area contributed by atoms with Crippen molar-refractivity contribution in [3.8, 4) is 0 Å². The molecule has 0 spiro atoms. The number of piperidine rings is 1. The molecule has 0 aromatic carbocycles. The second-order valence-corrected chi connectivity index (χ2v) is 7.89. The van der Waals surface area contributed by atoms with Crippen LogP contribution in [0.1, 0.15) is 64.7 Å². The summed E-state index contributed by atoms with van der Waals surface area (Å²) >= 11 is 0. The summed E-state index contributed by atoms with van der Waals surface area (Å²) in [6, 6.07) is 0.271. The number of urea groups is 1. The van der Waals surface area contributed by atoms with E-state index in [0.29, 0.717) is 13.1 Å². The average Bonchev–Trinajstić information content (AvgIpc) is 3.18. The summed E-state index contributed by atoms with van der Waals surface area (Å²) in [5.74, 6) is 0.442. The van der Waals surface area contributed by atoms with E-state index in [1.165, 1.54) is 19.3 Å². The van der Waals surface area contributed by atoms with Crippen molar-refractivity contribution < 1.29 is 14.3 Å². The smallest absolute Gasteiger partial charge is 0.317 e. The Labute approximate surface area is 151 Å². The summed E-state index contributed by atoms with van der Waals surface area (Å²) in [4.78, 5) is 26.6. The first-order valence-electron chi connectivity index (χ1n) is 10.1. The monoisotopic (exact) mass is 351 g/mol. The molecule has 0 aromatic rings. The van der Waals surface area contributed by atoms with Gasteiger partial charge in [-0.25, -0.2) is 4.79 Å². The molecule has 0 radical (unpaired) electrons. The van der Waals surface area contributed by atoms with Crippen molar-refractivity contribution in [2.24, 2.45) is 5.92 Å². The second-order valence-electron chi connectivity index (χ2n) is 7.89. The van der Waals surface area contributed by atoms with E-state index in [0.717, 1.165) is 45.1 Å². The lowest BCUT2D eigenvalue weighted by atomic mass is 9.88. The molecule has 6 heteroatoms. The fourth-order valence-electron chi connectivity index (χ4n) is 4.29. The Balaban J connectivity index is 1.37. The minimum atomic E-state index is 0.0000528. The quantitative estimate of drug-likeness (QED) is 0.817. The van der Waals surface area contributed by atoms with Crippen LogP contribution in [0.4, 0.5) is 4.79 Å². The topological polar surface area (TPSA) is 70.7 Å². The maximum Gasteiger partial charge on any atom is 0.317 e. The molecule has 142 valence electrons. The molecular weight excluding hydrogens is 318 g/mol. The number of hydrogen-bond acceptors (Lipinski definition) is 3. The number of likely N-dealkylation sites (tertiary alicyclic amines) is 1. The van der Waals surface area contributed by atoms with Crippen LogP contribution in [0.25, 0.3) is 0 Å². The number of carbonyl (C=O) groups excluding carboxylic acids is 2. The van der Waals surface area contributed by atoms with Gasteiger partial charge >= 0.3 is 6.03 Å². The Kier molecular flexibility index (Phi) is 6.57. The first-order chi connectivity index (χ1) is 12.1. The summed E-state index contributed by atoms with van der Waals surface area (Å²) in [7, 11) is 0. The highest BCUT2D eigenvalue weighted by Crippen LogP contribution is 2.24. The van der Waals surface area contributed by atoms with Gasteiger partial charge in [0.2, 0.25) is 5.91 Å². The van der Waals surface area contributed by atoms with Crippen LogP contribution in [-0.4, -0.2) is 54.7 Å². The van der Waals surface area contributed by atoms with Gasteiger partial charge in [0.1, 0.15) is 0 Å². The molecule has 2 saturated heterocycles. The van der Waals surface area contributed by atoms with E-state index in [9.17, 15) is 9.59 Å². The molecule has 3 rings (SSSR count). The molecule has 3 aliphatic rings. The Morgan fingerprint density at radius 3 is 2.36 bits per heavy atom. The third-order valence-electron chi connectivity index (χ3n) is 5.98. The normalized spacial score (nSPS) is 27.1. The molecule has 1 saturated carbocycles. The molecule has 3 amide bonds. The summed E-state index contributed by atoms with van der Waals surface area (Å²) in [5.41, 5.74) is 0. The molecule has 2 atom stereocenters. The SMILES string of the molecule is CC(NC(=O)N1CCC(NC(=O)C2CCCCC2)CC1)C1CCCO1. The number of hydrogen-bond donors (Lipinski definition) is 2. The molecule has 0 bridgehead atoms. The number of carbonyl (C=O) groups is 2. The third kappa shape index (κ3) is 5.09. The van der Waals surface area contributed by atoms with Gasteiger partial charge in [0, 0.05) is 31.7 Å². The van der Waals surface area contributed by atoms with Crippen molar-refractivity contribution in [3.05, 3.63) is 0 Å². The summed E-state index contributed by atoms with van der Waals surface area (Å²) in [5, 5.41) is 6.29. The van der Waals surface area contributed by atoms with Gasteiger partial charge in [-0.05, 0) is 45.4 Å². The predicted octanol–water partition coefficient (Wildman–Crippen LogP) is 2.42. The van der Waals surface area contributed by atoms with Crippen LogP contribution in [0.3, 0.4) is 0 Å². The zero-order valence-electron chi connectivity index (χ0n) is 15.5.